The van der Waals surface area contributed by atoms with Crippen LogP contribution in [0.5, 0.6) is 11.5 Å². The Bertz CT molecular complexity index is 1340. The van der Waals surface area contributed by atoms with E-state index >= 15 is 0 Å². The topological polar surface area (TPSA) is 83.8 Å². The van der Waals surface area contributed by atoms with Crippen LogP contribution >= 0.6 is 0 Å². The van der Waals surface area contributed by atoms with Gasteiger partial charge in [-0.25, -0.2) is 4.79 Å². The van der Waals surface area contributed by atoms with Crippen molar-refractivity contribution in [1.82, 2.24) is 5.32 Å². The van der Waals surface area contributed by atoms with E-state index in [1.807, 2.05) is 24.0 Å². The fourth-order valence-corrected chi connectivity index (χ4v) is 4.56. The monoisotopic (exact) mass is 569 g/mol. The van der Waals surface area contributed by atoms with Crippen LogP contribution in [0.4, 0.5) is 18.9 Å². The molecular weight excluding hydrogens is 535 g/mol. The van der Waals surface area contributed by atoms with E-state index in [0.717, 1.165) is 23.2 Å². The third kappa shape index (κ3) is 8.88. The van der Waals surface area contributed by atoms with Crippen LogP contribution in [0.25, 0.3) is 0 Å². The van der Waals surface area contributed by atoms with Crippen LogP contribution in [0, 0.1) is 11.3 Å². The predicted molar refractivity (Wildman–Crippen MR) is 150 cm³/mol. The number of halogens is 3. The Morgan fingerprint density at radius 3 is 2.44 bits per heavy atom. The molecule has 218 valence electrons. The number of ether oxygens (including phenoxy) is 3. The summed E-state index contributed by atoms with van der Waals surface area (Å²) in [5.74, 6) is -0.123. The molecule has 0 radical (unpaired) electrons. The van der Waals surface area contributed by atoms with Crippen LogP contribution in [0.2, 0.25) is 0 Å². The second-order valence-corrected chi connectivity index (χ2v) is 9.46. The smallest absolute Gasteiger partial charge is 0.422 e. The van der Waals surface area contributed by atoms with Crippen LogP contribution in [0.15, 0.2) is 66.7 Å². The lowest BCUT2D eigenvalue weighted by atomic mass is 9.99. The van der Waals surface area contributed by atoms with E-state index < -0.39 is 18.8 Å². The van der Waals surface area contributed by atoms with E-state index in [4.69, 9.17) is 14.2 Å². The Morgan fingerprint density at radius 1 is 1.07 bits per heavy atom. The van der Waals surface area contributed by atoms with Gasteiger partial charge in [0.25, 0.3) is 0 Å². The lowest BCUT2D eigenvalue weighted by Gasteiger charge is -2.21. The first-order valence-corrected chi connectivity index (χ1v) is 12.9. The third-order valence-corrected chi connectivity index (χ3v) is 6.33. The van der Waals surface area contributed by atoms with Gasteiger partial charge in [-0.05, 0) is 61.2 Å². The van der Waals surface area contributed by atoms with Crippen LogP contribution in [-0.4, -0.2) is 51.2 Å². The number of benzene rings is 3. The van der Waals surface area contributed by atoms with E-state index in [-0.39, 0.29) is 38.3 Å². The molecule has 0 fully saturated rings. The molecule has 1 aliphatic rings. The van der Waals surface area contributed by atoms with Crippen LogP contribution in [-0.2, 0) is 17.6 Å². The Balaban J connectivity index is 0.00000462. The number of carbonyl (C=O) groups is 1. The first-order chi connectivity index (χ1) is 19.2. The summed E-state index contributed by atoms with van der Waals surface area (Å²) in [5.41, 5.74) is 3.85. The molecule has 0 amide bonds. The zero-order chi connectivity index (χ0) is 28.5. The molecule has 4 rings (SSSR count). The van der Waals surface area contributed by atoms with Gasteiger partial charge in [0.1, 0.15) is 12.7 Å². The number of hydrogen-bond acceptors (Lipinski definition) is 7. The van der Waals surface area contributed by atoms with E-state index in [0.29, 0.717) is 30.6 Å². The number of anilines is 1. The highest BCUT2D eigenvalue weighted by atomic mass is 19.4. The maximum atomic E-state index is 12.5. The van der Waals surface area contributed by atoms with Crippen molar-refractivity contribution in [1.29, 1.82) is 5.26 Å². The molecule has 3 aromatic rings. The van der Waals surface area contributed by atoms with Crippen molar-refractivity contribution in [3.05, 3.63) is 89.0 Å². The van der Waals surface area contributed by atoms with E-state index in [2.05, 4.69) is 17.5 Å². The van der Waals surface area contributed by atoms with Crippen molar-refractivity contribution < 1.29 is 32.2 Å². The summed E-state index contributed by atoms with van der Waals surface area (Å²) < 4.78 is 53.5. The molecule has 1 N–H and O–H groups in total. The van der Waals surface area contributed by atoms with Crippen molar-refractivity contribution in [3.63, 3.8) is 0 Å². The van der Waals surface area contributed by atoms with Crippen LogP contribution in [0.3, 0.4) is 0 Å². The minimum absolute atomic E-state index is 0. The molecule has 3 aromatic carbocycles. The van der Waals surface area contributed by atoms with Gasteiger partial charge in [-0.3, -0.25) is 0 Å². The number of rotatable bonds is 12. The van der Waals surface area contributed by atoms with Gasteiger partial charge in [-0.15, -0.1) is 0 Å². The number of nitriles is 1. The number of para-hydroxylation sites is 2. The molecule has 0 aliphatic carbocycles. The molecule has 41 heavy (non-hydrogen) atoms. The van der Waals surface area contributed by atoms with Crippen molar-refractivity contribution >= 4 is 11.7 Å². The maximum Gasteiger partial charge on any atom is 0.422 e. The SMILES string of the molecule is C.C[C@H](Cc1cc(C#N)c2c(c1)CCN2COC(=O)c1ccccc1)NCCOc1ccccc1OCC(F)(F)F. The summed E-state index contributed by atoms with van der Waals surface area (Å²) in [6, 6.07) is 21.3. The summed E-state index contributed by atoms with van der Waals surface area (Å²) in [6.45, 7) is 2.04. The zero-order valence-electron chi connectivity index (χ0n) is 22.0. The van der Waals surface area contributed by atoms with E-state index in [1.54, 1.807) is 42.5 Å². The highest BCUT2D eigenvalue weighted by molar-refractivity contribution is 5.89. The molecular formula is C31H34F3N3O4. The van der Waals surface area contributed by atoms with Crippen LogP contribution < -0.4 is 19.7 Å². The average molecular weight is 570 g/mol. The molecule has 0 bridgehead atoms. The van der Waals surface area contributed by atoms with Crippen molar-refractivity contribution in [2.45, 2.75) is 39.4 Å². The second kappa shape index (κ2) is 14.4. The van der Waals surface area contributed by atoms with E-state index in [1.165, 1.54) is 6.07 Å². The fourth-order valence-electron chi connectivity index (χ4n) is 4.56. The Labute approximate surface area is 238 Å². The summed E-state index contributed by atoms with van der Waals surface area (Å²) in [6.07, 6.45) is -3.02. The summed E-state index contributed by atoms with van der Waals surface area (Å²) in [7, 11) is 0. The number of nitrogens with zero attached hydrogens (tertiary/aromatic N) is 2. The van der Waals surface area contributed by atoms with Gasteiger partial charge in [0.15, 0.2) is 24.8 Å². The normalized spacial score (nSPS) is 13.0. The number of esters is 1. The third-order valence-electron chi connectivity index (χ3n) is 6.33. The van der Waals surface area contributed by atoms with Gasteiger partial charge >= 0.3 is 12.1 Å². The molecule has 10 heteroatoms. The minimum atomic E-state index is -4.43. The Morgan fingerprint density at radius 2 is 1.76 bits per heavy atom. The lowest BCUT2D eigenvalue weighted by molar-refractivity contribution is -0.153. The molecule has 0 unspecified atom stereocenters. The maximum absolute atomic E-state index is 12.5. The molecule has 1 aliphatic heterocycles. The molecule has 0 spiro atoms. The number of carbonyl (C=O) groups excluding carboxylic acids is 1. The number of fused-ring (bicyclic) bond motifs is 1. The van der Waals surface area contributed by atoms with Gasteiger partial charge < -0.3 is 24.4 Å². The number of hydrogen-bond donors (Lipinski definition) is 1. The number of alkyl halides is 3. The van der Waals surface area contributed by atoms with Crippen molar-refractivity contribution in [2.24, 2.45) is 0 Å². The van der Waals surface area contributed by atoms with Gasteiger partial charge in [0, 0.05) is 19.1 Å². The summed E-state index contributed by atoms with van der Waals surface area (Å²) in [4.78, 5) is 14.2. The van der Waals surface area contributed by atoms with Crippen molar-refractivity contribution in [2.75, 3.05) is 37.9 Å². The highest BCUT2D eigenvalue weighted by Gasteiger charge is 2.29. The Hall–Kier alpha value is -4.23. The largest absolute Gasteiger partial charge is 0.488 e. The quantitative estimate of drug-likeness (QED) is 0.214. The summed E-state index contributed by atoms with van der Waals surface area (Å²) in [5, 5.41) is 13.2. The minimum Gasteiger partial charge on any atom is -0.488 e. The number of nitrogens with one attached hydrogen (secondary N) is 1. The van der Waals surface area contributed by atoms with E-state index in [9.17, 15) is 23.2 Å². The van der Waals surface area contributed by atoms with Gasteiger partial charge in [-0.1, -0.05) is 43.8 Å². The molecule has 1 heterocycles. The van der Waals surface area contributed by atoms with Gasteiger partial charge in [-0.2, -0.15) is 18.4 Å². The van der Waals surface area contributed by atoms with Crippen molar-refractivity contribution in [3.8, 4) is 17.6 Å². The molecule has 0 saturated carbocycles. The lowest BCUT2D eigenvalue weighted by Crippen LogP contribution is -2.32. The fraction of sp³-hybridized carbons (Fsp3) is 0.355. The molecule has 0 saturated heterocycles. The zero-order valence-corrected chi connectivity index (χ0v) is 22.0. The first-order valence-electron chi connectivity index (χ1n) is 12.9. The Kier molecular flexibility index (Phi) is 11.0. The van der Waals surface area contributed by atoms with Crippen LogP contribution in [0.1, 0.15) is 41.4 Å². The second-order valence-electron chi connectivity index (χ2n) is 9.46. The molecule has 1 atom stereocenters. The molecule has 7 nitrogen and oxygen atoms in total. The highest BCUT2D eigenvalue weighted by Crippen LogP contribution is 2.33. The predicted octanol–water partition coefficient (Wildman–Crippen LogP) is 5.91. The van der Waals surface area contributed by atoms with Gasteiger partial charge in [0.2, 0.25) is 0 Å². The molecule has 0 aromatic heterocycles. The standard InChI is InChI=1S/C30H30F3N3O4.CH4/c1-21(35-12-14-38-26-9-5-6-10-27(26)39-19-30(31,32)33)15-22-16-24-11-13-36(28(24)25(17-22)18-34)20-40-29(37)23-7-3-2-4-8-23;/h2-10,16-17,21,35H,11-15,19-20H2,1H3;1H4/t21-;/m1./s1. The summed E-state index contributed by atoms with van der Waals surface area (Å²) >= 11 is 0. The van der Waals surface area contributed by atoms with Gasteiger partial charge in [0.05, 0.1) is 16.8 Å². The average Bonchev–Trinajstić information content (AvgIpc) is 3.36. The first kappa shape index (κ1) is 31.3.